The average molecular weight is 400 g/mol. The predicted octanol–water partition coefficient (Wildman–Crippen LogP) is 3.85. The number of rotatable bonds is 4. The van der Waals surface area contributed by atoms with E-state index in [1.54, 1.807) is 6.07 Å². The molecule has 2 aromatic carbocycles. The lowest BCUT2D eigenvalue weighted by molar-refractivity contribution is -0.137. The Labute approximate surface area is 165 Å². The van der Waals surface area contributed by atoms with Crippen LogP contribution >= 0.6 is 0 Å². The van der Waals surface area contributed by atoms with Crippen molar-refractivity contribution in [2.75, 3.05) is 11.9 Å². The molecule has 0 fully saturated rings. The van der Waals surface area contributed by atoms with Gasteiger partial charge in [0, 0.05) is 18.4 Å². The third-order valence-corrected chi connectivity index (χ3v) is 4.85. The molecule has 5 nitrogen and oxygen atoms in total. The van der Waals surface area contributed by atoms with Crippen LogP contribution in [0, 0.1) is 0 Å². The molecule has 1 aliphatic heterocycles. The van der Waals surface area contributed by atoms with Gasteiger partial charge >= 0.3 is 6.18 Å². The number of anilines is 1. The fourth-order valence-corrected chi connectivity index (χ4v) is 3.36. The molecule has 2 N–H and O–H groups in total. The van der Waals surface area contributed by atoms with Gasteiger partial charge in [-0.1, -0.05) is 18.2 Å². The molecule has 2 heterocycles. The summed E-state index contributed by atoms with van der Waals surface area (Å²) in [4.78, 5) is 12.5. The van der Waals surface area contributed by atoms with Crippen molar-refractivity contribution in [1.29, 1.82) is 0 Å². The van der Waals surface area contributed by atoms with E-state index in [0.29, 0.717) is 16.8 Å². The normalized spacial score (nSPS) is 13.8. The van der Waals surface area contributed by atoms with Crippen LogP contribution in [-0.4, -0.2) is 22.2 Å². The maximum atomic E-state index is 12.9. The smallest absolute Gasteiger partial charge is 0.322 e. The van der Waals surface area contributed by atoms with Gasteiger partial charge in [-0.2, -0.15) is 18.3 Å². The number of nitrogens with one attached hydrogen (secondary N) is 2. The fraction of sp³-hybridized carbons (Fsp3) is 0.238. The minimum Gasteiger partial charge on any atom is -0.322 e. The number of hydrogen-bond donors (Lipinski definition) is 2. The van der Waals surface area contributed by atoms with Gasteiger partial charge in [-0.3, -0.25) is 9.48 Å². The highest BCUT2D eigenvalue weighted by molar-refractivity contribution is 6.04. The fourth-order valence-electron chi connectivity index (χ4n) is 3.36. The summed E-state index contributed by atoms with van der Waals surface area (Å²) in [5.41, 5.74) is 3.24. The number of carbonyl (C=O) groups is 1. The summed E-state index contributed by atoms with van der Waals surface area (Å²) < 4.78 is 40.0. The topological polar surface area (TPSA) is 59.0 Å². The molecule has 4 rings (SSSR count). The van der Waals surface area contributed by atoms with Crippen LogP contribution < -0.4 is 10.6 Å². The minimum absolute atomic E-state index is 0.142. The molecular weight excluding hydrogens is 381 g/mol. The van der Waals surface area contributed by atoms with Crippen molar-refractivity contribution in [1.82, 2.24) is 15.1 Å². The zero-order chi connectivity index (χ0) is 20.4. The SMILES string of the molecule is O=C(Nc1ccc2c(c1)CCNC2)c1cnn(Cc2cccc(C(F)(F)F)c2)c1. The third-order valence-electron chi connectivity index (χ3n) is 4.85. The van der Waals surface area contributed by atoms with E-state index in [1.165, 1.54) is 34.3 Å². The Bertz CT molecular complexity index is 1040. The summed E-state index contributed by atoms with van der Waals surface area (Å²) in [5, 5.41) is 10.3. The van der Waals surface area contributed by atoms with Crippen LogP contribution in [0.2, 0.25) is 0 Å². The molecule has 3 aromatic rings. The summed E-state index contributed by atoms with van der Waals surface area (Å²) in [6.07, 6.45) is -0.548. The highest BCUT2D eigenvalue weighted by Gasteiger charge is 2.30. The second kappa shape index (κ2) is 7.71. The van der Waals surface area contributed by atoms with Gasteiger partial charge in [-0.05, 0) is 53.9 Å². The van der Waals surface area contributed by atoms with E-state index < -0.39 is 11.7 Å². The Balaban J connectivity index is 1.44. The molecule has 0 aliphatic carbocycles. The summed E-state index contributed by atoms with van der Waals surface area (Å²) in [6, 6.07) is 10.9. The molecule has 0 spiro atoms. The summed E-state index contributed by atoms with van der Waals surface area (Å²) >= 11 is 0. The van der Waals surface area contributed by atoms with Gasteiger partial charge in [0.05, 0.1) is 23.9 Å². The van der Waals surface area contributed by atoms with Crippen LogP contribution in [0.1, 0.15) is 32.6 Å². The number of fused-ring (bicyclic) bond motifs is 1. The number of carbonyl (C=O) groups excluding carboxylic acids is 1. The Morgan fingerprint density at radius 1 is 1.17 bits per heavy atom. The van der Waals surface area contributed by atoms with E-state index in [4.69, 9.17) is 0 Å². The highest BCUT2D eigenvalue weighted by Crippen LogP contribution is 2.29. The van der Waals surface area contributed by atoms with E-state index in [1.807, 2.05) is 18.2 Å². The molecule has 0 atom stereocenters. The first-order valence-corrected chi connectivity index (χ1v) is 9.21. The Kier molecular flexibility index (Phi) is 5.10. The van der Waals surface area contributed by atoms with Crippen molar-refractivity contribution < 1.29 is 18.0 Å². The zero-order valence-electron chi connectivity index (χ0n) is 15.5. The Morgan fingerprint density at radius 3 is 2.86 bits per heavy atom. The molecular formula is C21H19F3N4O. The zero-order valence-corrected chi connectivity index (χ0v) is 15.5. The van der Waals surface area contributed by atoms with Crippen LogP contribution in [0.15, 0.2) is 54.9 Å². The number of hydrogen-bond acceptors (Lipinski definition) is 3. The average Bonchev–Trinajstić information content (AvgIpc) is 3.16. The number of alkyl halides is 3. The molecule has 8 heteroatoms. The van der Waals surface area contributed by atoms with E-state index in [9.17, 15) is 18.0 Å². The van der Waals surface area contributed by atoms with Crippen LogP contribution in [-0.2, 0) is 25.7 Å². The Morgan fingerprint density at radius 2 is 2.03 bits per heavy atom. The van der Waals surface area contributed by atoms with E-state index in [-0.39, 0.29) is 12.5 Å². The lowest BCUT2D eigenvalue weighted by Gasteiger charge is -2.18. The van der Waals surface area contributed by atoms with Gasteiger partial charge in [-0.25, -0.2) is 0 Å². The van der Waals surface area contributed by atoms with Gasteiger partial charge in [-0.15, -0.1) is 0 Å². The molecule has 0 bridgehead atoms. The van der Waals surface area contributed by atoms with Gasteiger partial charge < -0.3 is 10.6 Å². The van der Waals surface area contributed by atoms with Crippen molar-refractivity contribution in [3.8, 4) is 0 Å². The first-order chi connectivity index (χ1) is 13.9. The molecule has 0 unspecified atom stereocenters. The van der Waals surface area contributed by atoms with Gasteiger partial charge in [0.25, 0.3) is 5.91 Å². The quantitative estimate of drug-likeness (QED) is 0.700. The molecule has 0 saturated carbocycles. The maximum absolute atomic E-state index is 12.9. The molecule has 150 valence electrons. The molecule has 0 radical (unpaired) electrons. The number of aromatic nitrogens is 2. The maximum Gasteiger partial charge on any atom is 0.416 e. The van der Waals surface area contributed by atoms with Crippen LogP contribution in [0.3, 0.4) is 0 Å². The number of amides is 1. The van der Waals surface area contributed by atoms with Gasteiger partial charge in [0.15, 0.2) is 0 Å². The van der Waals surface area contributed by atoms with Crippen molar-refractivity contribution in [3.63, 3.8) is 0 Å². The van der Waals surface area contributed by atoms with Crippen molar-refractivity contribution >= 4 is 11.6 Å². The van der Waals surface area contributed by atoms with Crippen LogP contribution in [0.5, 0.6) is 0 Å². The minimum atomic E-state index is -4.39. The second-order valence-electron chi connectivity index (χ2n) is 6.99. The van der Waals surface area contributed by atoms with Crippen molar-refractivity contribution in [2.24, 2.45) is 0 Å². The summed E-state index contributed by atoms with van der Waals surface area (Å²) in [5.74, 6) is -0.311. The van der Waals surface area contributed by atoms with Gasteiger partial charge in [0.2, 0.25) is 0 Å². The monoisotopic (exact) mass is 400 g/mol. The van der Waals surface area contributed by atoms with Crippen molar-refractivity contribution in [2.45, 2.75) is 25.7 Å². The largest absolute Gasteiger partial charge is 0.416 e. The third kappa shape index (κ3) is 4.48. The predicted molar refractivity (Wildman–Crippen MR) is 103 cm³/mol. The number of halogens is 3. The molecule has 1 aliphatic rings. The first kappa shape index (κ1) is 19.2. The molecule has 1 aromatic heterocycles. The molecule has 29 heavy (non-hydrogen) atoms. The summed E-state index contributed by atoms with van der Waals surface area (Å²) in [7, 11) is 0. The van der Waals surface area contributed by atoms with Crippen LogP contribution in [0.4, 0.5) is 18.9 Å². The van der Waals surface area contributed by atoms with E-state index >= 15 is 0 Å². The lowest BCUT2D eigenvalue weighted by Crippen LogP contribution is -2.23. The summed E-state index contributed by atoms with van der Waals surface area (Å²) in [6.45, 7) is 1.88. The second-order valence-corrected chi connectivity index (χ2v) is 6.99. The molecule has 1 amide bonds. The lowest BCUT2D eigenvalue weighted by atomic mass is 10.0. The standard InChI is InChI=1S/C21H19F3N4O/c22-21(23,24)18-3-1-2-14(8-18)12-28-13-17(11-26-28)20(29)27-19-5-4-16-10-25-7-6-15(16)9-19/h1-5,8-9,11,13,25H,6-7,10,12H2,(H,27,29). The van der Waals surface area contributed by atoms with Gasteiger partial charge in [0.1, 0.15) is 0 Å². The number of nitrogens with zero attached hydrogens (tertiary/aromatic N) is 2. The van der Waals surface area contributed by atoms with Crippen LogP contribution in [0.25, 0.3) is 0 Å². The first-order valence-electron chi connectivity index (χ1n) is 9.21. The van der Waals surface area contributed by atoms with E-state index in [0.717, 1.165) is 31.6 Å². The number of benzene rings is 2. The Hall–Kier alpha value is -3.13. The molecule has 0 saturated heterocycles. The van der Waals surface area contributed by atoms with E-state index in [2.05, 4.69) is 15.7 Å². The highest BCUT2D eigenvalue weighted by atomic mass is 19.4. The van der Waals surface area contributed by atoms with Crippen molar-refractivity contribution in [3.05, 3.63) is 82.7 Å².